The second kappa shape index (κ2) is 7.55. The summed E-state index contributed by atoms with van der Waals surface area (Å²) in [6.45, 7) is 4.35. The van der Waals surface area contributed by atoms with Crippen LogP contribution in [0.1, 0.15) is 0 Å². The van der Waals surface area contributed by atoms with Gasteiger partial charge in [-0.15, -0.1) is 17.9 Å². The van der Waals surface area contributed by atoms with Gasteiger partial charge in [-0.2, -0.15) is 0 Å². The summed E-state index contributed by atoms with van der Waals surface area (Å²) in [5, 5.41) is 13.7. The first kappa shape index (κ1) is 17.9. The molecule has 3 rings (SSSR count). The Morgan fingerprint density at radius 1 is 1.31 bits per heavy atom. The number of allylic oxidation sites excluding steroid dienone is 1. The van der Waals surface area contributed by atoms with E-state index >= 15 is 0 Å². The molecule has 0 saturated heterocycles. The van der Waals surface area contributed by atoms with Gasteiger partial charge >= 0.3 is 0 Å². The highest BCUT2D eigenvalue weighted by molar-refractivity contribution is 7.07. The fourth-order valence-electron chi connectivity index (χ4n) is 2.45. The van der Waals surface area contributed by atoms with Gasteiger partial charge in [0, 0.05) is 23.0 Å². The van der Waals surface area contributed by atoms with Gasteiger partial charge in [-0.1, -0.05) is 29.8 Å². The lowest BCUT2D eigenvalue weighted by Crippen LogP contribution is -2.14. The molecular weight excluding hydrogens is 372 g/mol. The molecule has 0 aliphatic carbocycles. The summed E-state index contributed by atoms with van der Waals surface area (Å²) < 4.78 is 1.99. The molecule has 0 amide bonds. The normalized spacial score (nSPS) is 11.5. The molecule has 2 aromatic carbocycles. The highest BCUT2D eigenvalue weighted by Crippen LogP contribution is 2.27. The number of rotatable bonds is 5. The first-order valence-corrected chi connectivity index (χ1v) is 8.89. The van der Waals surface area contributed by atoms with E-state index in [1.807, 2.05) is 34.2 Å². The van der Waals surface area contributed by atoms with Gasteiger partial charge < -0.3 is 10.3 Å². The Labute approximate surface area is 158 Å². The lowest BCUT2D eigenvalue weighted by atomic mass is 10.2. The number of aromatic nitrogens is 1. The van der Waals surface area contributed by atoms with Crippen molar-refractivity contribution >= 4 is 40.0 Å². The van der Waals surface area contributed by atoms with Crippen molar-refractivity contribution in [3.63, 3.8) is 0 Å². The van der Waals surface area contributed by atoms with Gasteiger partial charge in [0.05, 0.1) is 16.3 Å². The molecule has 26 heavy (non-hydrogen) atoms. The van der Waals surface area contributed by atoms with Crippen LogP contribution < -0.4 is 10.5 Å². The Morgan fingerprint density at radius 3 is 2.69 bits per heavy atom. The van der Waals surface area contributed by atoms with Crippen LogP contribution in [0.25, 0.3) is 11.3 Å². The number of hydrogen-bond donors (Lipinski definition) is 1. The molecule has 0 spiro atoms. The number of nitrogen functional groups attached to an aromatic ring is 1. The number of nitro benzene ring substituents is 1. The van der Waals surface area contributed by atoms with Crippen LogP contribution in [-0.2, 0) is 6.54 Å². The van der Waals surface area contributed by atoms with Crippen molar-refractivity contribution in [2.24, 2.45) is 4.99 Å². The van der Waals surface area contributed by atoms with Crippen LogP contribution in [0.3, 0.4) is 0 Å². The van der Waals surface area contributed by atoms with E-state index in [-0.39, 0.29) is 11.4 Å². The Balaban J connectivity index is 2.12. The lowest BCUT2D eigenvalue weighted by Gasteiger charge is -2.06. The quantitative estimate of drug-likeness (QED) is 0.296. The first-order chi connectivity index (χ1) is 12.5. The van der Waals surface area contributed by atoms with Gasteiger partial charge in [-0.25, -0.2) is 4.99 Å². The molecule has 2 N–H and O–H groups in total. The molecule has 0 saturated carbocycles. The molecule has 6 nitrogen and oxygen atoms in total. The molecule has 3 aromatic rings. The molecule has 1 aromatic heterocycles. The van der Waals surface area contributed by atoms with E-state index in [1.54, 1.807) is 12.1 Å². The van der Waals surface area contributed by atoms with E-state index in [0.717, 1.165) is 11.3 Å². The minimum absolute atomic E-state index is 0.112. The Kier molecular flexibility index (Phi) is 5.20. The third kappa shape index (κ3) is 3.68. The van der Waals surface area contributed by atoms with E-state index in [2.05, 4.69) is 11.6 Å². The van der Waals surface area contributed by atoms with E-state index in [4.69, 9.17) is 17.3 Å². The van der Waals surface area contributed by atoms with Crippen LogP contribution in [-0.4, -0.2) is 9.49 Å². The summed E-state index contributed by atoms with van der Waals surface area (Å²) in [6.07, 6.45) is 1.77. The molecule has 0 radical (unpaired) electrons. The molecule has 0 atom stereocenters. The van der Waals surface area contributed by atoms with Crippen molar-refractivity contribution in [2.75, 3.05) is 5.73 Å². The maximum Gasteiger partial charge on any atom is 0.294 e. The van der Waals surface area contributed by atoms with Crippen molar-refractivity contribution in [2.45, 2.75) is 6.54 Å². The van der Waals surface area contributed by atoms with Crippen molar-refractivity contribution in [1.82, 2.24) is 4.57 Å². The number of anilines is 1. The summed E-state index contributed by atoms with van der Waals surface area (Å²) in [6, 6.07) is 12.0. The molecule has 0 aliphatic heterocycles. The largest absolute Gasteiger partial charge is 0.393 e. The number of nitro groups is 1. The van der Waals surface area contributed by atoms with E-state index in [9.17, 15) is 10.1 Å². The van der Waals surface area contributed by atoms with Gasteiger partial charge in [0.2, 0.25) is 0 Å². The number of halogens is 1. The highest BCUT2D eigenvalue weighted by atomic mass is 35.5. The second-order valence-electron chi connectivity index (χ2n) is 5.42. The van der Waals surface area contributed by atoms with Gasteiger partial charge in [-0.05, 0) is 29.8 Å². The third-order valence-corrected chi connectivity index (χ3v) is 4.80. The van der Waals surface area contributed by atoms with Crippen molar-refractivity contribution in [3.8, 4) is 11.3 Å². The minimum atomic E-state index is -0.514. The fourth-order valence-corrected chi connectivity index (χ4v) is 3.51. The highest BCUT2D eigenvalue weighted by Gasteiger charge is 2.12. The van der Waals surface area contributed by atoms with Crippen molar-refractivity contribution in [3.05, 3.63) is 80.4 Å². The topological polar surface area (TPSA) is 86.5 Å². The third-order valence-electron chi connectivity index (χ3n) is 3.68. The predicted molar refractivity (Wildman–Crippen MR) is 106 cm³/mol. The summed E-state index contributed by atoms with van der Waals surface area (Å²) in [5.41, 5.74) is 8.03. The Hall–Kier alpha value is -2.90. The number of benzene rings is 2. The molecule has 8 heteroatoms. The number of hydrogen-bond acceptors (Lipinski definition) is 5. The maximum atomic E-state index is 11.1. The summed E-state index contributed by atoms with van der Waals surface area (Å²) in [4.78, 5) is 15.8. The van der Waals surface area contributed by atoms with Crippen LogP contribution in [0.2, 0.25) is 5.02 Å². The molecule has 132 valence electrons. The van der Waals surface area contributed by atoms with E-state index in [1.165, 1.54) is 23.5 Å². The van der Waals surface area contributed by atoms with E-state index < -0.39 is 4.92 Å². The summed E-state index contributed by atoms with van der Waals surface area (Å²) in [5.74, 6) is 0. The van der Waals surface area contributed by atoms with Crippen molar-refractivity contribution < 1.29 is 4.92 Å². The van der Waals surface area contributed by atoms with Gasteiger partial charge in [-0.3, -0.25) is 10.1 Å². The van der Waals surface area contributed by atoms with Crippen LogP contribution >= 0.6 is 22.9 Å². The Morgan fingerprint density at radius 2 is 2.04 bits per heavy atom. The van der Waals surface area contributed by atoms with Gasteiger partial charge in [0.25, 0.3) is 5.69 Å². The minimum Gasteiger partial charge on any atom is -0.393 e. The zero-order valence-corrected chi connectivity index (χ0v) is 15.2. The van der Waals surface area contributed by atoms with Gasteiger partial charge in [0.15, 0.2) is 4.80 Å². The van der Waals surface area contributed by atoms with Crippen LogP contribution in [0, 0.1) is 10.1 Å². The molecule has 1 heterocycles. The summed E-state index contributed by atoms with van der Waals surface area (Å²) in [7, 11) is 0. The molecule has 0 fully saturated rings. The van der Waals surface area contributed by atoms with Crippen LogP contribution in [0.4, 0.5) is 17.1 Å². The van der Waals surface area contributed by atoms with Crippen molar-refractivity contribution in [1.29, 1.82) is 0 Å². The lowest BCUT2D eigenvalue weighted by molar-refractivity contribution is -0.383. The van der Waals surface area contributed by atoms with Crippen LogP contribution in [0.5, 0.6) is 0 Å². The Bertz CT molecular complexity index is 1040. The second-order valence-corrected chi connectivity index (χ2v) is 6.69. The average Bonchev–Trinajstić information content (AvgIpc) is 3.00. The van der Waals surface area contributed by atoms with Gasteiger partial charge in [0.1, 0.15) is 5.69 Å². The predicted octanol–water partition coefficient (Wildman–Crippen LogP) is 4.78. The smallest absolute Gasteiger partial charge is 0.294 e. The number of nitrogens with zero attached hydrogens (tertiary/aromatic N) is 3. The number of thiazole rings is 1. The molecule has 0 bridgehead atoms. The molecule has 0 unspecified atom stereocenters. The maximum absolute atomic E-state index is 11.1. The monoisotopic (exact) mass is 386 g/mol. The molecular formula is C18H15ClN4O2S. The summed E-state index contributed by atoms with van der Waals surface area (Å²) >= 11 is 7.40. The van der Waals surface area contributed by atoms with E-state index in [0.29, 0.717) is 22.1 Å². The van der Waals surface area contributed by atoms with Crippen LogP contribution in [0.15, 0.2) is 65.5 Å². The molecule has 0 aliphatic rings. The zero-order chi connectivity index (χ0) is 18.7. The zero-order valence-electron chi connectivity index (χ0n) is 13.6. The average molecular weight is 387 g/mol. The SMILES string of the molecule is C=CCn1c(-c2ccc(Cl)cc2)csc1=Nc1ccc(N)c([N+](=O)[O-])c1. The fraction of sp³-hybridized carbons (Fsp3) is 0.0556. The standard InChI is InChI=1S/C18H15ClN4O2S/c1-2-9-22-17(12-3-5-13(19)6-4-12)11-26-18(22)21-14-7-8-15(20)16(10-14)23(24)25/h2-8,10-11H,1,9,20H2. The number of nitrogens with two attached hydrogens (primary N) is 1. The first-order valence-electron chi connectivity index (χ1n) is 7.63.